The van der Waals surface area contributed by atoms with Crippen molar-refractivity contribution in [2.24, 2.45) is 0 Å². The van der Waals surface area contributed by atoms with Gasteiger partial charge in [0.1, 0.15) is 5.60 Å². The van der Waals surface area contributed by atoms with Gasteiger partial charge in [-0.2, -0.15) is 0 Å². The Hall–Kier alpha value is -0.710. The molecule has 1 aromatic carbocycles. The average Bonchev–Trinajstić information content (AvgIpc) is 2.45. The second-order valence-corrected chi connectivity index (χ2v) is 7.17. The van der Waals surface area contributed by atoms with Gasteiger partial charge in [-0.15, -0.1) is 0 Å². The first-order chi connectivity index (χ1) is 10.3. The molecule has 4 nitrogen and oxygen atoms in total. The first-order valence-electron chi connectivity index (χ1n) is 8.05. The van der Waals surface area contributed by atoms with Gasteiger partial charge in [-0.05, 0) is 57.7 Å². The Labute approximate surface area is 163 Å². The zero-order valence-corrected chi connectivity index (χ0v) is 17.4. The summed E-state index contributed by atoms with van der Waals surface area (Å²) in [7, 11) is 4.07. The maximum atomic E-state index is 12.5. The summed E-state index contributed by atoms with van der Waals surface area (Å²) in [6.45, 7) is 6.51. The molecular formula is C18H29N2NaO2. The number of rotatable bonds is 2. The van der Waals surface area contributed by atoms with Gasteiger partial charge in [0.15, 0.2) is 0 Å². The van der Waals surface area contributed by atoms with Crippen LogP contribution in [-0.4, -0.2) is 37.2 Å². The maximum absolute atomic E-state index is 12.5. The molecule has 0 bridgehead atoms. The van der Waals surface area contributed by atoms with E-state index in [1.807, 2.05) is 39.8 Å². The molecule has 1 aromatic rings. The van der Waals surface area contributed by atoms with Crippen molar-refractivity contribution in [3.05, 3.63) is 29.8 Å². The fourth-order valence-corrected chi connectivity index (χ4v) is 2.83. The second kappa shape index (κ2) is 8.41. The summed E-state index contributed by atoms with van der Waals surface area (Å²) < 4.78 is 5.58. The van der Waals surface area contributed by atoms with E-state index in [0.29, 0.717) is 0 Å². The van der Waals surface area contributed by atoms with Crippen LogP contribution in [0, 0.1) is 0 Å². The van der Waals surface area contributed by atoms with Gasteiger partial charge in [0.2, 0.25) is 0 Å². The molecule has 0 aliphatic carbocycles. The average molecular weight is 328 g/mol. The number of ether oxygens (including phenoxy) is 1. The standard InChI is InChI=1S/C18H28N2O2.Na.H/c1-18(2,3)22-17(21)20-12-7-6-11-16(20)14-9-8-10-15(13-14)19(4)5;;/h8-10,13,16H,6-7,11-12H2,1-5H3;;/q;+1;-1. The number of carbonyl (C=O) groups is 1. The Kier molecular flexibility index (Phi) is 7.43. The van der Waals surface area contributed by atoms with Gasteiger partial charge in [-0.25, -0.2) is 4.79 Å². The summed E-state index contributed by atoms with van der Waals surface area (Å²) in [5.41, 5.74) is 1.90. The van der Waals surface area contributed by atoms with Crippen molar-refractivity contribution in [2.75, 3.05) is 25.5 Å². The number of hydrogen-bond donors (Lipinski definition) is 0. The fraction of sp³-hybridized carbons (Fsp3) is 0.611. The van der Waals surface area contributed by atoms with Crippen molar-refractivity contribution in [3.8, 4) is 0 Å². The topological polar surface area (TPSA) is 32.8 Å². The molecule has 0 N–H and O–H groups in total. The molecular weight excluding hydrogens is 299 g/mol. The van der Waals surface area contributed by atoms with Crippen LogP contribution in [0.25, 0.3) is 0 Å². The number of anilines is 1. The minimum Gasteiger partial charge on any atom is -1.00 e. The van der Waals surface area contributed by atoms with Crippen LogP contribution in [0.15, 0.2) is 24.3 Å². The first-order valence-corrected chi connectivity index (χ1v) is 8.05. The molecule has 0 saturated carbocycles. The summed E-state index contributed by atoms with van der Waals surface area (Å²) in [5.74, 6) is 0. The molecule has 1 amide bonds. The predicted octanol–water partition coefficient (Wildman–Crippen LogP) is 1.33. The van der Waals surface area contributed by atoms with Crippen LogP contribution in [0.3, 0.4) is 0 Å². The fourth-order valence-electron chi connectivity index (χ4n) is 2.83. The molecule has 0 aromatic heterocycles. The van der Waals surface area contributed by atoms with Crippen LogP contribution in [0.2, 0.25) is 0 Å². The van der Waals surface area contributed by atoms with Gasteiger partial charge in [0.05, 0.1) is 6.04 Å². The Morgan fingerprint density at radius 1 is 1.30 bits per heavy atom. The third kappa shape index (κ3) is 5.70. The van der Waals surface area contributed by atoms with E-state index in [0.717, 1.165) is 31.5 Å². The number of carbonyl (C=O) groups excluding carboxylic acids is 1. The van der Waals surface area contributed by atoms with Crippen LogP contribution in [0.1, 0.15) is 53.1 Å². The molecule has 2 rings (SSSR count). The minimum atomic E-state index is -0.454. The monoisotopic (exact) mass is 328 g/mol. The van der Waals surface area contributed by atoms with Crippen molar-refractivity contribution >= 4 is 11.8 Å². The second-order valence-electron chi connectivity index (χ2n) is 7.17. The Bertz CT molecular complexity index is 532. The normalized spacial score (nSPS) is 18.1. The number of hydrogen-bond acceptors (Lipinski definition) is 3. The van der Waals surface area contributed by atoms with Crippen molar-refractivity contribution in [3.63, 3.8) is 0 Å². The zero-order valence-electron chi connectivity index (χ0n) is 16.4. The molecule has 1 unspecified atom stereocenters. The van der Waals surface area contributed by atoms with Gasteiger partial charge < -0.3 is 16.0 Å². The molecule has 1 fully saturated rings. The van der Waals surface area contributed by atoms with E-state index in [4.69, 9.17) is 4.74 Å². The Morgan fingerprint density at radius 3 is 2.61 bits per heavy atom. The molecule has 0 radical (unpaired) electrons. The summed E-state index contributed by atoms with van der Waals surface area (Å²) >= 11 is 0. The summed E-state index contributed by atoms with van der Waals surface area (Å²) in [6, 6.07) is 8.55. The van der Waals surface area contributed by atoms with Gasteiger partial charge in [0.25, 0.3) is 0 Å². The van der Waals surface area contributed by atoms with Gasteiger partial charge >= 0.3 is 35.7 Å². The van der Waals surface area contributed by atoms with Gasteiger partial charge in [-0.3, -0.25) is 0 Å². The van der Waals surface area contributed by atoms with Crippen LogP contribution in [0.4, 0.5) is 10.5 Å². The van der Waals surface area contributed by atoms with Crippen LogP contribution in [0.5, 0.6) is 0 Å². The zero-order chi connectivity index (χ0) is 16.3. The van der Waals surface area contributed by atoms with E-state index in [-0.39, 0.29) is 43.1 Å². The van der Waals surface area contributed by atoms with E-state index in [2.05, 4.69) is 29.2 Å². The molecule has 5 heteroatoms. The molecule has 1 atom stereocenters. The number of amides is 1. The van der Waals surface area contributed by atoms with Crippen molar-refractivity contribution in [1.82, 2.24) is 4.90 Å². The Balaban J connectivity index is 0.00000264. The van der Waals surface area contributed by atoms with Crippen LogP contribution in [-0.2, 0) is 4.74 Å². The van der Waals surface area contributed by atoms with Crippen molar-refractivity contribution in [2.45, 2.75) is 51.7 Å². The molecule has 1 aliphatic heterocycles. The predicted molar refractivity (Wildman–Crippen MR) is 91.4 cm³/mol. The first kappa shape index (κ1) is 20.3. The molecule has 23 heavy (non-hydrogen) atoms. The van der Waals surface area contributed by atoms with Crippen LogP contribution < -0.4 is 34.5 Å². The quantitative estimate of drug-likeness (QED) is 0.768. The number of piperidine rings is 1. The summed E-state index contributed by atoms with van der Waals surface area (Å²) in [5, 5.41) is 0. The van der Waals surface area contributed by atoms with E-state index in [1.54, 1.807) is 0 Å². The number of nitrogens with zero attached hydrogens (tertiary/aromatic N) is 2. The maximum Gasteiger partial charge on any atom is 1.00 e. The molecule has 124 valence electrons. The summed E-state index contributed by atoms with van der Waals surface area (Å²) in [6.07, 6.45) is 2.99. The third-order valence-corrected chi connectivity index (χ3v) is 3.90. The van der Waals surface area contributed by atoms with Crippen molar-refractivity contribution < 1.29 is 40.5 Å². The third-order valence-electron chi connectivity index (χ3n) is 3.90. The molecule has 1 saturated heterocycles. The Morgan fingerprint density at radius 2 is 2.00 bits per heavy atom. The SMILES string of the molecule is CN(C)c1cccc(C2CCCCN2C(=O)OC(C)(C)C)c1.[H-].[Na+]. The smallest absolute Gasteiger partial charge is 1.00 e. The van der Waals surface area contributed by atoms with E-state index >= 15 is 0 Å². The number of benzene rings is 1. The van der Waals surface area contributed by atoms with Crippen molar-refractivity contribution in [1.29, 1.82) is 0 Å². The van der Waals surface area contributed by atoms with E-state index in [1.165, 1.54) is 5.56 Å². The van der Waals surface area contributed by atoms with E-state index < -0.39 is 5.60 Å². The summed E-state index contributed by atoms with van der Waals surface area (Å²) in [4.78, 5) is 16.5. The number of likely N-dealkylation sites (tertiary alicyclic amines) is 1. The molecule has 0 spiro atoms. The largest absolute Gasteiger partial charge is 1.00 e. The molecule has 1 aliphatic rings. The minimum absolute atomic E-state index is 0. The van der Waals surface area contributed by atoms with Gasteiger partial charge in [0, 0.05) is 26.3 Å². The van der Waals surface area contributed by atoms with Crippen LogP contribution >= 0.6 is 0 Å². The van der Waals surface area contributed by atoms with Gasteiger partial charge in [-0.1, -0.05) is 12.1 Å². The molecule has 1 heterocycles. The van der Waals surface area contributed by atoms with E-state index in [9.17, 15) is 4.79 Å².